The number of aliphatic hydroxyl groups is 1. The summed E-state index contributed by atoms with van der Waals surface area (Å²) in [6, 6.07) is 3.11. The second-order valence-corrected chi connectivity index (χ2v) is 4.76. The van der Waals surface area contributed by atoms with Gasteiger partial charge in [-0.05, 0) is 25.1 Å². The maximum Gasteiger partial charge on any atom is 0.328 e. The highest BCUT2D eigenvalue weighted by Gasteiger charge is 2.23. The van der Waals surface area contributed by atoms with Gasteiger partial charge in [0.15, 0.2) is 6.10 Å². The summed E-state index contributed by atoms with van der Waals surface area (Å²) in [6.07, 6.45) is -0.984. The number of hydrogen-bond donors (Lipinski definition) is 3. The van der Waals surface area contributed by atoms with Gasteiger partial charge in [-0.15, -0.1) is 0 Å². The molecule has 1 rings (SSSR count). The Kier molecular flexibility index (Phi) is 6.06. The highest BCUT2D eigenvalue weighted by atomic mass is 35.5. The van der Waals surface area contributed by atoms with Crippen molar-refractivity contribution in [3.63, 3.8) is 0 Å². The molecule has 2 unspecified atom stereocenters. The third-order valence-corrected chi connectivity index (χ3v) is 2.89. The van der Waals surface area contributed by atoms with Crippen molar-refractivity contribution < 1.29 is 24.5 Å². The van der Waals surface area contributed by atoms with Gasteiger partial charge in [0.2, 0.25) is 0 Å². The number of amides is 1. The topological polar surface area (TPSA) is 95.9 Å². The maximum absolute atomic E-state index is 11.7. The number of aliphatic hydroxyl groups excluding tert-OH is 1. The van der Waals surface area contributed by atoms with Crippen LogP contribution in [0, 0.1) is 0 Å². The van der Waals surface area contributed by atoms with Gasteiger partial charge < -0.3 is 20.3 Å². The number of halogens is 2. The lowest BCUT2D eigenvalue weighted by molar-refractivity contribution is -0.144. The first kappa shape index (κ1) is 16.6. The number of carbonyl (C=O) groups excluding carboxylic acids is 1. The summed E-state index contributed by atoms with van der Waals surface area (Å²) < 4.78 is 5.31. The number of carboxylic acid groups (broad SMARTS) is 1. The molecule has 0 heterocycles. The van der Waals surface area contributed by atoms with Crippen molar-refractivity contribution in [3.8, 4) is 5.75 Å². The van der Waals surface area contributed by atoms with Gasteiger partial charge >= 0.3 is 5.97 Å². The van der Waals surface area contributed by atoms with E-state index in [1.54, 1.807) is 6.07 Å². The monoisotopic (exact) mass is 321 g/mol. The van der Waals surface area contributed by atoms with Crippen LogP contribution in [0.1, 0.15) is 6.92 Å². The highest BCUT2D eigenvalue weighted by molar-refractivity contribution is 6.35. The molecule has 2 atom stereocenters. The Morgan fingerprint density at radius 1 is 1.40 bits per heavy atom. The quantitative estimate of drug-likeness (QED) is 0.734. The molecule has 1 amide bonds. The third-order valence-electron chi connectivity index (χ3n) is 2.36. The van der Waals surface area contributed by atoms with Crippen molar-refractivity contribution >= 4 is 35.1 Å². The fraction of sp³-hybridized carbons (Fsp3) is 0.333. The van der Waals surface area contributed by atoms with Crippen LogP contribution >= 0.6 is 23.2 Å². The minimum atomic E-state index is -1.38. The van der Waals surface area contributed by atoms with E-state index >= 15 is 0 Å². The predicted molar refractivity (Wildman–Crippen MR) is 73.2 cm³/mol. The van der Waals surface area contributed by atoms with Crippen LogP contribution in [0.15, 0.2) is 18.2 Å². The SMILES string of the molecule is CC(Oc1ccc(Cl)cc1Cl)C(=O)NC(CO)C(=O)O. The molecule has 0 aliphatic rings. The second kappa shape index (κ2) is 7.33. The van der Waals surface area contributed by atoms with E-state index in [4.69, 9.17) is 38.2 Å². The summed E-state index contributed by atoms with van der Waals surface area (Å²) in [6.45, 7) is 0.714. The molecule has 8 heteroatoms. The number of carboxylic acids is 1. The van der Waals surface area contributed by atoms with Crippen LogP contribution in [0.3, 0.4) is 0 Å². The van der Waals surface area contributed by atoms with Gasteiger partial charge in [-0.1, -0.05) is 23.2 Å². The van der Waals surface area contributed by atoms with Gasteiger partial charge in [-0.3, -0.25) is 4.79 Å². The van der Waals surface area contributed by atoms with Gasteiger partial charge in [0.25, 0.3) is 5.91 Å². The molecule has 0 aliphatic heterocycles. The average Bonchev–Trinajstić information content (AvgIpc) is 2.38. The van der Waals surface area contributed by atoms with Crippen molar-refractivity contribution in [3.05, 3.63) is 28.2 Å². The minimum absolute atomic E-state index is 0.231. The number of aliphatic carboxylic acids is 1. The predicted octanol–water partition coefficient (Wildman–Crippen LogP) is 1.32. The first-order chi connectivity index (χ1) is 9.35. The van der Waals surface area contributed by atoms with E-state index in [-0.39, 0.29) is 10.8 Å². The summed E-state index contributed by atoms with van der Waals surface area (Å²) in [7, 11) is 0. The number of nitrogens with one attached hydrogen (secondary N) is 1. The van der Waals surface area contributed by atoms with Crippen LogP contribution in [0.25, 0.3) is 0 Å². The Morgan fingerprint density at radius 2 is 2.05 bits per heavy atom. The van der Waals surface area contributed by atoms with E-state index in [2.05, 4.69) is 5.32 Å². The van der Waals surface area contributed by atoms with Crippen LogP contribution < -0.4 is 10.1 Å². The minimum Gasteiger partial charge on any atom is -0.480 e. The lowest BCUT2D eigenvalue weighted by Gasteiger charge is -2.18. The fourth-order valence-corrected chi connectivity index (χ4v) is 1.74. The van der Waals surface area contributed by atoms with Gasteiger partial charge in [-0.2, -0.15) is 0 Å². The second-order valence-electron chi connectivity index (χ2n) is 3.92. The van der Waals surface area contributed by atoms with Crippen molar-refractivity contribution in [2.45, 2.75) is 19.1 Å². The molecule has 0 fully saturated rings. The normalized spacial score (nSPS) is 13.4. The molecule has 20 heavy (non-hydrogen) atoms. The summed E-state index contributed by atoms with van der Waals surface area (Å²) >= 11 is 11.6. The van der Waals surface area contributed by atoms with Gasteiger partial charge in [0.05, 0.1) is 11.6 Å². The van der Waals surface area contributed by atoms with Crippen LogP contribution in [0.2, 0.25) is 10.0 Å². The molecule has 0 radical (unpaired) electrons. The van der Waals surface area contributed by atoms with Crippen molar-refractivity contribution in [2.75, 3.05) is 6.61 Å². The molecule has 0 saturated heterocycles. The van der Waals surface area contributed by atoms with Crippen LogP contribution in [-0.2, 0) is 9.59 Å². The zero-order valence-corrected chi connectivity index (χ0v) is 12.0. The largest absolute Gasteiger partial charge is 0.480 e. The van der Waals surface area contributed by atoms with E-state index in [1.165, 1.54) is 19.1 Å². The van der Waals surface area contributed by atoms with Crippen LogP contribution in [-0.4, -0.2) is 40.8 Å². The number of hydrogen-bond acceptors (Lipinski definition) is 4. The molecule has 110 valence electrons. The Hall–Kier alpha value is -1.50. The Morgan fingerprint density at radius 3 is 2.55 bits per heavy atom. The van der Waals surface area contributed by atoms with E-state index in [0.29, 0.717) is 5.02 Å². The Labute approximate surface area is 125 Å². The van der Waals surface area contributed by atoms with Gasteiger partial charge in [0.1, 0.15) is 11.8 Å². The molecule has 1 aromatic rings. The van der Waals surface area contributed by atoms with E-state index in [1.807, 2.05) is 0 Å². The first-order valence-electron chi connectivity index (χ1n) is 5.61. The van der Waals surface area contributed by atoms with E-state index in [9.17, 15) is 9.59 Å². The molecule has 0 saturated carbocycles. The van der Waals surface area contributed by atoms with Gasteiger partial charge in [0, 0.05) is 5.02 Å². The molecule has 0 spiro atoms. The smallest absolute Gasteiger partial charge is 0.328 e. The van der Waals surface area contributed by atoms with E-state index < -0.39 is 30.6 Å². The molecule has 0 bridgehead atoms. The van der Waals surface area contributed by atoms with E-state index in [0.717, 1.165) is 0 Å². The Bertz CT molecular complexity index is 509. The Balaban J connectivity index is 2.68. The molecule has 1 aromatic carbocycles. The number of carbonyl (C=O) groups is 2. The molecular weight excluding hydrogens is 309 g/mol. The van der Waals surface area contributed by atoms with Crippen molar-refractivity contribution in [1.29, 1.82) is 0 Å². The molecular formula is C12H13Cl2NO5. The zero-order chi connectivity index (χ0) is 15.3. The standard InChI is InChI=1S/C12H13Cl2NO5/c1-6(11(17)15-9(5-16)12(18)19)20-10-3-2-7(13)4-8(10)14/h2-4,6,9,16H,5H2,1H3,(H,15,17)(H,18,19). The van der Waals surface area contributed by atoms with Crippen LogP contribution in [0.5, 0.6) is 5.75 Å². The van der Waals surface area contributed by atoms with Crippen molar-refractivity contribution in [1.82, 2.24) is 5.32 Å². The number of benzene rings is 1. The summed E-state index contributed by atoms with van der Waals surface area (Å²) in [5.74, 6) is -1.77. The fourth-order valence-electron chi connectivity index (χ4n) is 1.29. The molecule has 3 N–H and O–H groups in total. The average molecular weight is 322 g/mol. The summed E-state index contributed by atoms with van der Waals surface area (Å²) in [5, 5.41) is 20.3. The lowest BCUT2D eigenvalue weighted by Crippen LogP contribution is -2.48. The summed E-state index contributed by atoms with van der Waals surface area (Å²) in [5.41, 5.74) is 0. The molecule has 0 aromatic heterocycles. The van der Waals surface area contributed by atoms with Crippen molar-refractivity contribution in [2.24, 2.45) is 0 Å². The maximum atomic E-state index is 11.7. The van der Waals surface area contributed by atoms with Gasteiger partial charge in [-0.25, -0.2) is 4.79 Å². The van der Waals surface area contributed by atoms with Crippen LogP contribution in [0.4, 0.5) is 0 Å². The lowest BCUT2D eigenvalue weighted by atomic mass is 10.2. The third kappa shape index (κ3) is 4.56. The molecule has 0 aliphatic carbocycles. The highest BCUT2D eigenvalue weighted by Crippen LogP contribution is 2.28. The molecule has 6 nitrogen and oxygen atoms in total. The number of rotatable bonds is 6. The number of ether oxygens (including phenoxy) is 1. The summed E-state index contributed by atoms with van der Waals surface area (Å²) in [4.78, 5) is 22.4. The zero-order valence-electron chi connectivity index (χ0n) is 10.5. The first-order valence-corrected chi connectivity index (χ1v) is 6.36.